The number of unbranched alkanes of at least 4 members (excludes halogenated alkanes) is 7. The molecule has 0 rings (SSSR count). The second kappa shape index (κ2) is 14.0. The summed E-state index contributed by atoms with van der Waals surface area (Å²) >= 11 is 0. The van der Waals surface area contributed by atoms with Crippen LogP contribution >= 0.6 is 0 Å². The van der Waals surface area contributed by atoms with Crippen molar-refractivity contribution < 1.29 is 4.74 Å². The zero-order valence-electron chi connectivity index (χ0n) is 12.3. The highest BCUT2D eigenvalue weighted by atomic mass is 16.5. The molecule has 1 unspecified atom stereocenters. The summed E-state index contributed by atoms with van der Waals surface area (Å²) < 4.78 is 5.06. The topological polar surface area (TPSA) is 21.3 Å². The quantitative estimate of drug-likeness (QED) is 0.491. The molecule has 0 aliphatic rings. The number of nitrogens with one attached hydrogen (secondary N) is 1. The average molecular weight is 243 g/mol. The summed E-state index contributed by atoms with van der Waals surface area (Å²) in [6, 6.07) is 0.597. The molecule has 0 bridgehead atoms. The van der Waals surface area contributed by atoms with E-state index in [-0.39, 0.29) is 0 Å². The Morgan fingerprint density at radius 3 is 2.12 bits per heavy atom. The largest absolute Gasteiger partial charge is 0.385 e. The van der Waals surface area contributed by atoms with Crippen molar-refractivity contribution in [1.82, 2.24) is 5.32 Å². The van der Waals surface area contributed by atoms with E-state index in [0.29, 0.717) is 6.04 Å². The van der Waals surface area contributed by atoms with E-state index in [1.807, 2.05) is 0 Å². The maximum Gasteiger partial charge on any atom is 0.0476 e. The zero-order chi connectivity index (χ0) is 12.8. The van der Waals surface area contributed by atoms with Gasteiger partial charge in [0.25, 0.3) is 0 Å². The third-order valence-electron chi connectivity index (χ3n) is 3.28. The lowest BCUT2D eigenvalue weighted by atomic mass is 10.1. The van der Waals surface area contributed by atoms with Crippen molar-refractivity contribution in [2.24, 2.45) is 0 Å². The van der Waals surface area contributed by atoms with Crippen LogP contribution in [0.4, 0.5) is 0 Å². The number of hydrogen-bond donors (Lipinski definition) is 1. The summed E-state index contributed by atoms with van der Waals surface area (Å²) in [5.41, 5.74) is 0. The van der Waals surface area contributed by atoms with Gasteiger partial charge < -0.3 is 10.1 Å². The minimum Gasteiger partial charge on any atom is -0.385 e. The van der Waals surface area contributed by atoms with Crippen LogP contribution in [-0.2, 0) is 4.74 Å². The Labute approximate surface area is 109 Å². The van der Waals surface area contributed by atoms with E-state index in [1.54, 1.807) is 7.11 Å². The monoisotopic (exact) mass is 243 g/mol. The Balaban J connectivity index is 3.02. The van der Waals surface area contributed by atoms with E-state index in [0.717, 1.165) is 13.0 Å². The molecule has 0 spiro atoms. The fourth-order valence-corrected chi connectivity index (χ4v) is 2.00. The lowest BCUT2D eigenvalue weighted by molar-refractivity contribution is 0.185. The Morgan fingerprint density at radius 2 is 1.53 bits per heavy atom. The first kappa shape index (κ1) is 16.9. The van der Waals surface area contributed by atoms with Gasteiger partial charge in [0.15, 0.2) is 0 Å². The number of methoxy groups -OCH3 is 1. The first-order valence-electron chi connectivity index (χ1n) is 7.53. The molecule has 17 heavy (non-hydrogen) atoms. The molecule has 0 fully saturated rings. The van der Waals surface area contributed by atoms with Gasteiger partial charge in [-0.3, -0.25) is 0 Å². The molecule has 2 heteroatoms. The van der Waals surface area contributed by atoms with Gasteiger partial charge in [-0.05, 0) is 26.3 Å². The van der Waals surface area contributed by atoms with Crippen molar-refractivity contribution in [3.05, 3.63) is 0 Å². The van der Waals surface area contributed by atoms with Crippen molar-refractivity contribution in [2.45, 2.75) is 77.7 Å². The van der Waals surface area contributed by atoms with Gasteiger partial charge in [0.1, 0.15) is 0 Å². The summed E-state index contributed by atoms with van der Waals surface area (Å²) in [6.45, 7) is 6.55. The van der Waals surface area contributed by atoms with Gasteiger partial charge in [0, 0.05) is 19.8 Å². The summed E-state index contributed by atoms with van der Waals surface area (Å²) in [6.07, 6.45) is 12.3. The van der Waals surface area contributed by atoms with Gasteiger partial charge in [0.05, 0.1) is 0 Å². The first-order chi connectivity index (χ1) is 8.31. The van der Waals surface area contributed by atoms with Gasteiger partial charge in [-0.1, -0.05) is 51.9 Å². The van der Waals surface area contributed by atoms with E-state index < -0.39 is 0 Å². The summed E-state index contributed by atoms with van der Waals surface area (Å²) in [4.78, 5) is 0. The third kappa shape index (κ3) is 13.9. The van der Waals surface area contributed by atoms with Crippen molar-refractivity contribution in [3.63, 3.8) is 0 Å². The van der Waals surface area contributed by atoms with E-state index in [1.165, 1.54) is 57.9 Å². The molecular formula is C15H33NO. The van der Waals surface area contributed by atoms with Crippen LogP contribution in [0.15, 0.2) is 0 Å². The van der Waals surface area contributed by atoms with Gasteiger partial charge in [-0.15, -0.1) is 0 Å². The van der Waals surface area contributed by atoms with Crippen LogP contribution < -0.4 is 5.32 Å². The highest BCUT2D eigenvalue weighted by Gasteiger charge is 1.99. The van der Waals surface area contributed by atoms with Crippen molar-refractivity contribution in [3.8, 4) is 0 Å². The number of hydrogen-bond acceptors (Lipinski definition) is 2. The molecule has 0 aliphatic heterocycles. The minimum absolute atomic E-state index is 0.597. The molecule has 2 nitrogen and oxygen atoms in total. The van der Waals surface area contributed by atoms with Gasteiger partial charge in [-0.25, -0.2) is 0 Å². The Bertz CT molecular complexity index is 139. The second-order valence-corrected chi connectivity index (χ2v) is 5.11. The van der Waals surface area contributed by atoms with Gasteiger partial charge in [0.2, 0.25) is 0 Å². The van der Waals surface area contributed by atoms with Gasteiger partial charge in [-0.2, -0.15) is 0 Å². The fraction of sp³-hybridized carbons (Fsp3) is 1.00. The van der Waals surface area contributed by atoms with Crippen molar-refractivity contribution >= 4 is 0 Å². The molecule has 1 atom stereocenters. The maximum atomic E-state index is 5.06. The lowest BCUT2D eigenvalue weighted by Gasteiger charge is -2.12. The molecular weight excluding hydrogens is 210 g/mol. The van der Waals surface area contributed by atoms with E-state index >= 15 is 0 Å². The standard InChI is InChI=1S/C15H33NO/c1-4-5-6-7-8-9-10-11-13-16-15(2)12-14-17-3/h15-16H,4-14H2,1-3H3. The highest BCUT2D eigenvalue weighted by molar-refractivity contribution is 4.59. The normalized spacial score (nSPS) is 12.9. The molecule has 0 heterocycles. The van der Waals surface area contributed by atoms with E-state index in [4.69, 9.17) is 4.74 Å². The van der Waals surface area contributed by atoms with Crippen LogP contribution in [0.25, 0.3) is 0 Å². The summed E-state index contributed by atoms with van der Waals surface area (Å²) in [5.74, 6) is 0. The van der Waals surface area contributed by atoms with Crippen molar-refractivity contribution in [2.75, 3.05) is 20.3 Å². The van der Waals surface area contributed by atoms with E-state index in [9.17, 15) is 0 Å². The third-order valence-corrected chi connectivity index (χ3v) is 3.28. The Morgan fingerprint density at radius 1 is 0.941 bits per heavy atom. The molecule has 0 amide bonds. The smallest absolute Gasteiger partial charge is 0.0476 e. The fourth-order valence-electron chi connectivity index (χ4n) is 2.00. The van der Waals surface area contributed by atoms with Crippen LogP contribution in [0.5, 0.6) is 0 Å². The molecule has 0 aromatic heterocycles. The predicted octanol–water partition coefficient (Wildman–Crippen LogP) is 4.14. The van der Waals surface area contributed by atoms with Gasteiger partial charge >= 0.3 is 0 Å². The zero-order valence-corrected chi connectivity index (χ0v) is 12.3. The number of rotatable bonds is 13. The SMILES string of the molecule is CCCCCCCCCCNC(C)CCOC. The van der Waals surface area contributed by atoms with E-state index in [2.05, 4.69) is 19.2 Å². The molecule has 0 aromatic carbocycles. The first-order valence-corrected chi connectivity index (χ1v) is 7.53. The molecule has 0 saturated heterocycles. The Hall–Kier alpha value is -0.0800. The Kier molecular flexibility index (Phi) is 13.9. The highest BCUT2D eigenvalue weighted by Crippen LogP contribution is 2.08. The molecule has 1 N–H and O–H groups in total. The molecule has 0 aliphatic carbocycles. The van der Waals surface area contributed by atoms with Crippen molar-refractivity contribution in [1.29, 1.82) is 0 Å². The average Bonchev–Trinajstić information content (AvgIpc) is 2.34. The summed E-state index contributed by atoms with van der Waals surface area (Å²) in [5, 5.41) is 3.55. The lowest BCUT2D eigenvalue weighted by Crippen LogP contribution is -2.28. The predicted molar refractivity (Wildman–Crippen MR) is 76.6 cm³/mol. The van der Waals surface area contributed by atoms with Crippen LogP contribution in [0.1, 0.15) is 71.6 Å². The van der Waals surface area contributed by atoms with Crippen LogP contribution in [0.2, 0.25) is 0 Å². The molecule has 104 valence electrons. The molecule has 0 saturated carbocycles. The van der Waals surface area contributed by atoms with Crippen LogP contribution in [0, 0.1) is 0 Å². The molecule has 0 radical (unpaired) electrons. The maximum absolute atomic E-state index is 5.06. The number of ether oxygens (including phenoxy) is 1. The minimum atomic E-state index is 0.597. The van der Waals surface area contributed by atoms with Crippen LogP contribution in [-0.4, -0.2) is 26.3 Å². The van der Waals surface area contributed by atoms with Crippen LogP contribution in [0.3, 0.4) is 0 Å². The second-order valence-electron chi connectivity index (χ2n) is 5.11. The molecule has 0 aromatic rings. The summed E-state index contributed by atoms with van der Waals surface area (Å²) in [7, 11) is 1.77.